The second-order valence-electron chi connectivity index (χ2n) is 5.79. The molecule has 0 spiro atoms. The quantitative estimate of drug-likeness (QED) is 0.345. The maximum atomic E-state index is 11.6. The summed E-state index contributed by atoms with van der Waals surface area (Å²) in [6.07, 6.45) is 2.38. The third kappa shape index (κ3) is 5.79. The van der Waals surface area contributed by atoms with Crippen molar-refractivity contribution in [2.24, 2.45) is 0 Å². The number of halogens is 2. The monoisotopic (exact) mass is 443 g/mol. The number of rotatable bonds is 7. The minimum atomic E-state index is -2.51. The van der Waals surface area contributed by atoms with Crippen molar-refractivity contribution in [1.82, 2.24) is 4.90 Å². The third-order valence-corrected chi connectivity index (χ3v) is 5.94. The van der Waals surface area contributed by atoms with Gasteiger partial charge in [-0.3, -0.25) is 0 Å². The predicted molar refractivity (Wildman–Crippen MR) is 83.4 cm³/mol. The number of nitrogens with zero attached hydrogens (tertiary/aromatic N) is 1. The van der Waals surface area contributed by atoms with Crippen molar-refractivity contribution in [3.05, 3.63) is 10.1 Å². The molecule has 1 aliphatic heterocycles. The van der Waals surface area contributed by atoms with Crippen LogP contribution < -0.4 is 0 Å². The van der Waals surface area contributed by atoms with E-state index in [1.165, 1.54) is 0 Å². The van der Waals surface area contributed by atoms with E-state index < -0.39 is 30.6 Å². The van der Waals surface area contributed by atoms with Crippen molar-refractivity contribution in [2.45, 2.75) is 40.5 Å². The summed E-state index contributed by atoms with van der Waals surface area (Å²) in [7, 11) is 0. The van der Waals surface area contributed by atoms with Gasteiger partial charge in [0.15, 0.2) is 0 Å². The Balaban J connectivity index is 2.23. The fraction of sp³-hybridized carbons (Fsp3) is 0.615. The molecule has 0 fully saturated rings. The third-order valence-electron chi connectivity index (χ3n) is 2.74. The van der Waals surface area contributed by atoms with E-state index in [2.05, 4.69) is 0 Å². The maximum absolute atomic E-state index is 11.6. The van der Waals surface area contributed by atoms with Crippen molar-refractivity contribution in [2.75, 3.05) is 6.54 Å². The van der Waals surface area contributed by atoms with Crippen LogP contribution in [0.15, 0.2) is 10.1 Å². The van der Waals surface area contributed by atoms with Gasteiger partial charge in [0.1, 0.15) is 0 Å². The number of amides is 2. The van der Waals surface area contributed by atoms with Gasteiger partial charge in [0.05, 0.1) is 0 Å². The molecular formula is C13H19Cl2NO4Sn. The molecule has 1 rings (SSSR count). The summed E-state index contributed by atoms with van der Waals surface area (Å²) in [4.78, 5) is 41.9. The first kappa shape index (κ1) is 18.8. The Kier molecular flexibility index (Phi) is 7.00. The first-order chi connectivity index (χ1) is 9.63. The molecule has 1 aliphatic rings. The first-order valence-electron chi connectivity index (χ1n) is 6.77. The molecule has 0 saturated carbocycles. The molecule has 1 heterocycles. The van der Waals surface area contributed by atoms with Crippen LogP contribution in [0.25, 0.3) is 0 Å². The molecule has 0 aromatic heterocycles. The van der Waals surface area contributed by atoms with Crippen molar-refractivity contribution in [3.8, 4) is 0 Å². The zero-order valence-corrected chi connectivity index (χ0v) is 16.7. The van der Waals surface area contributed by atoms with Crippen LogP contribution in [0, 0.1) is 0 Å². The van der Waals surface area contributed by atoms with Crippen LogP contribution in [0.4, 0.5) is 0 Å². The standard InChI is InChI=1S/C10H11Cl2NO4.3CH3.Sn/c11-7-8(12)10(17)13(9(7)16)5-3-1-2-4-6(14)15;;;;/h1-5H2,(H,14,15);3*1H3;/q;;;;+1/p-1. The molecule has 5 nitrogen and oxygen atoms in total. The normalized spacial score (nSPS) is 16.0. The topological polar surface area (TPSA) is 63.7 Å². The van der Waals surface area contributed by atoms with E-state index in [-0.39, 0.29) is 22.6 Å². The number of carbonyl (C=O) groups is 3. The Morgan fingerprint density at radius 2 is 1.57 bits per heavy atom. The van der Waals surface area contributed by atoms with Gasteiger partial charge in [-0.05, 0) is 0 Å². The molecule has 0 aromatic carbocycles. The van der Waals surface area contributed by atoms with E-state index in [1.54, 1.807) is 0 Å². The zero-order valence-electron chi connectivity index (χ0n) is 12.4. The Bertz CT molecular complexity index is 461. The van der Waals surface area contributed by atoms with Crippen molar-refractivity contribution < 1.29 is 17.5 Å². The van der Waals surface area contributed by atoms with Gasteiger partial charge in [-0.2, -0.15) is 0 Å². The summed E-state index contributed by atoms with van der Waals surface area (Å²) in [5, 5.41) is -0.439. The zero-order chi connectivity index (χ0) is 16.2. The second kappa shape index (κ2) is 7.83. The summed E-state index contributed by atoms with van der Waals surface area (Å²) in [5.41, 5.74) is 0. The Hall–Kier alpha value is -0.271. The van der Waals surface area contributed by atoms with Gasteiger partial charge in [-0.1, -0.05) is 0 Å². The summed E-state index contributed by atoms with van der Waals surface area (Å²) >= 11 is 8.74. The first-order valence-corrected chi connectivity index (χ1v) is 17.2. The van der Waals surface area contributed by atoms with Crippen molar-refractivity contribution in [3.63, 3.8) is 0 Å². The number of imide groups is 1. The molecule has 0 saturated heterocycles. The molecule has 8 heteroatoms. The number of carbonyl (C=O) groups excluding carboxylic acids is 3. The molecule has 0 aliphatic carbocycles. The molecule has 0 aromatic rings. The molecule has 0 unspecified atom stereocenters. The molecule has 0 bridgehead atoms. The Labute approximate surface area is 139 Å². The van der Waals surface area contributed by atoms with Crippen LogP contribution in [0.2, 0.25) is 14.8 Å². The Morgan fingerprint density at radius 1 is 1.05 bits per heavy atom. The van der Waals surface area contributed by atoms with Crippen LogP contribution in [0.5, 0.6) is 0 Å². The predicted octanol–water partition coefficient (Wildman–Crippen LogP) is 2.98. The van der Waals surface area contributed by atoms with E-state index in [0.29, 0.717) is 19.3 Å². The van der Waals surface area contributed by atoms with Crippen molar-refractivity contribution >= 4 is 59.8 Å². The summed E-state index contributed by atoms with van der Waals surface area (Å²) in [5.74, 6) is -1.25. The van der Waals surface area contributed by atoms with Gasteiger partial charge in [0.2, 0.25) is 0 Å². The number of hydrogen-bond acceptors (Lipinski definition) is 4. The van der Waals surface area contributed by atoms with Crippen LogP contribution >= 0.6 is 23.2 Å². The number of hydrogen-bond donors (Lipinski definition) is 0. The van der Waals surface area contributed by atoms with E-state index in [1.807, 2.05) is 14.8 Å². The fourth-order valence-electron chi connectivity index (χ4n) is 1.83. The molecule has 118 valence electrons. The molecule has 2 amide bonds. The van der Waals surface area contributed by atoms with Crippen LogP contribution in [0.1, 0.15) is 25.7 Å². The summed E-state index contributed by atoms with van der Waals surface area (Å²) in [6.45, 7) is 0.262. The van der Waals surface area contributed by atoms with Gasteiger partial charge in [0.25, 0.3) is 0 Å². The molecule has 0 radical (unpaired) electrons. The van der Waals surface area contributed by atoms with Gasteiger partial charge in [-0.25, -0.2) is 0 Å². The second-order valence-corrected chi connectivity index (χ2v) is 19.2. The summed E-state index contributed by atoms with van der Waals surface area (Å²) < 4.78 is 5.39. The van der Waals surface area contributed by atoms with Gasteiger partial charge in [0, 0.05) is 0 Å². The van der Waals surface area contributed by atoms with E-state index in [9.17, 15) is 14.4 Å². The van der Waals surface area contributed by atoms with E-state index in [0.717, 1.165) is 11.3 Å². The summed E-state index contributed by atoms with van der Waals surface area (Å²) in [6, 6.07) is 0. The fourth-order valence-corrected chi connectivity index (χ4v) is 4.44. The van der Waals surface area contributed by atoms with Gasteiger partial charge >= 0.3 is 139 Å². The van der Waals surface area contributed by atoms with E-state index >= 15 is 0 Å². The van der Waals surface area contributed by atoms with Gasteiger partial charge < -0.3 is 0 Å². The molecular weight excluding hydrogens is 424 g/mol. The van der Waals surface area contributed by atoms with Gasteiger partial charge in [-0.15, -0.1) is 0 Å². The number of unbranched alkanes of at least 4 members (excludes halogenated alkanes) is 2. The van der Waals surface area contributed by atoms with Crippen LogP contribution in [0.3, 0.4) is 0 Å². The molecule has 0 atom stereocenters. The Morgan fingerprint density at radius 3 is 2.05 bits per heavy atom. The SMILES string of the molecule is [CH3][Sn]([CH3])([CH3])[O]C(=O)CCCCCN1C(=O)C(Cl)=C(Cl)C1=O. The van der Waals surface area contributed by atoms with E-state index in [4.69, 9.17) is 26.3 Å². The average molecular weight is 443 g/mol. The average Bonchev–Trinajstić information content (AvgIpc) is 2.53. The van der Waals surface area contributed by atoms with Crippen LogP contribution in [-0.2, 0) is 17.5 Å². The molecule has 0 N–H and O–H groups in total. The van der Waals surface area contributed by atoms with Crippen molar-refractivity contribution in [1.29, 1.82) is 0 Å². The van der Waals surface area contributed by atoms with Crippen LogP contribution in [-0.4, -0.2) is 48.0 Å². The molecule has 21 heavy (non-hydrogen) atoms. The minimum absolute atomic E-state index is 0.153.